The lowest BCUT2D eigenvalue weighted by atomic mass is 9.70. The summed E-state index contributed by atoms with van der Waals surface area (Å²) < 4.78 is 0. The van der Waals surface area contributed by atoms with E-state index >= 15 is 0 Å². The Morgan fingerprint density at radius 1 is 1.38 bits per heavy atom. The molecule has 0 spiro atoms. The van der Waals surface area contributed by atoms with Crippen LogP contribution in [0.2, 0.25) is 0 Å². The van der Waals surface area contributed by atoms with Gasteiger partial charge in [0.15, 0.2) is 0 Å². The fourth-order valence-corrected chi connectivity index (χ4v) is 2.56. The first kappa shape index (κ1) is 11.0. The maximum atomic E-state index is 5.80. The molecule has 1 rings (SSSR count). The van der Waals surface area contributed by atoms with Gasteiger partial charge in [-0.2, -0.15) is 0 Å². The predicted molar refractivity (Wildman–Crippen MR) is 57.4 cm³/mol. The van der Waals surface area contributed by atoms with Crippen LogP contribution in [0.3, 0.4) is 0 Å². The van der Waals surface area contributed by atoms with E-state index in [2.05, 4.69) is 6.92 Å². The highest BCUT2D eigenvalue weighted by Crippen LogP contribution is 2.39. The van der Waals surface area contributed by atoms with Crippen molar-refractivity contribution >= 4 is 0 Å². The Morgan fingerprint density at radius 3 is 2.77 bits per heavy atom. The Hall–Kier alpha value is -0.0800. The number of hydrogen-bond donors (Lipinski definition) is 2. The zero-order chi connectivity index (χ0) is 9.73. The van der Waals surface area contributed by atoms with Crippen molar-refractivity contribution in [3.8, 4) is 0 Å². The summed E-state index contributed by atoms with van der Waals surface area (Å²) in [5, 5.41) is 0. The zero-order valence-corrected chi connectivity index (χ0v) is 8.89. The van der Waals surface area contributed by atoms with E-state index in [0.29, 0.717) is 5.41 Å². The van der Waals surface area contributed by atoms with Gasteiger partial charge in [0.2, 0.25) is 0 Å². The molecule has 0 radical (unpaired) electrons. The highest BCUT2D eigenvalue weighted by molar-refractivity contribution is 4.83. The van der Waals surface area contributed by atoms with Crippen LogP contribution in [0.5, 0.6) is 0 Å². The molecule has 1 aliphatic carbocycles. The van der Waals surface area contributed by atoms with E-state index < -0.39 is 0 Å². The average molecular weight is 184 g/mol. The van der Waals surface area contributed by atoms with Crippen LogP contribution in [-0.4, -0.2) is 13.1 Å². The van der Waals surface area contributed by atoms with Gasteiger partial charge in [0.1, 0.15) is 0 Å². The molecule has 13 heavy (non-hydrogen) atoms. The van der Waals surface area contributed by atoms with Crippen molar-refractivity contribution in [1.29, 1.82) is 0 Å². The van der Waals surface area contributed by atoms with Crippen LogP contribution in [0.4, 0.5) is 0 Å². The minimum absolute atomic E-state index is 0.428. The molecule has 1 aliphatic rings. The molecule has 2 atom stereocenters. The second kappa shape index (κ2) is 4.97. The van der Waals surface area contributed by atoms with Gasteiger partial charge in [0, 0.05) is 0 Å². The van der Waals surface area contributed by atoms with Crippen molar-refractivity contribution in [2.75, 3.05) is 13.1 Å². The lowest BCUT2D eigenvalue weighted by Gasteiger charge is -2.37. The lowest BCUT2D eigenvalue weighted by molar-refractivity contribution is 0.159. The molecule has 78 valence electrons. The zero-order valence-electron chi connectivity index (χ0n) is 8.89. The molecule has 0 aromatic rings. The maximum Gasteiger partial charge on any atom is -0.00231 e. The standard InChI is InChI=1S/C11H24N2/c1-11(9-13)6-2-4-10(8-11)5-3-7-12/h10H,2-9,12-13H2,1H3/t10?,11-/m1/s1. The van der Waals surface area contributed by atoms with Gasteiger partial charge >= 0.3 is 0 Å². The summed E-state index contributed by atoms with van der Waals surface area (Å²) in [5.74, 6) is 0.894. The summed E-state index contributed by atoms with van der Waals surface area (Å²) in [6.45, 7) is 4.03. The number of hydrogen-bond acceptors (Lipinski definition) is 2. The van der Waals surface area contributed by atoms with Crippen LogP contribution >= 0.6 is 0 Å². The molecule has 1 fully saturated rings. The lowest BCUT2D eigenvalue weighted by Crippen LogP contribution is -2.33. The molecule has 0 aromatic carbocycles. The van der Waals surface area contributed by atoms with Gasteiger partial charge in [-0.3, -0.25) is 0 Å². The Bertz CT molecular complexity index is 147. The molecule has 2 nitrogen and oxygen atoms in total. The quantitative estimate of drug-likeness (QED) is 0.701. The van der Waals surface area contributed by atoms with E-state index in [-0.39, 0.29) is 0 Å². The second-order valence-electron chi connectivity index (χ2n) is 4.91. The fourth-order valence-electron chi connectivity index (χ4n) is 2.56. The molecule has 0 aliphatic heterocycles. The second-order valence-corrected chi connectivity index (χ2v) is 4.91. The van der Waals surface area contributed by atoms with Crippen molar-refractivity contribution in [2.24, 2.45) is 22.8 Å². The maximum absolute atomic E-state index is 5.80. The highest BCUT2D eigenvalue weighted by Gasteiger charge is 2.30. The van der Waals surface area contributed by atoms with E-state index in [1.165, 1.54) is 38.5 Å². The molecule has 1 unspecified atom stereocenters. The van der Waals surface area contributed by atoms with E-state index in [1.54, 1.807) is 0 Å². The monoisotopic (exact) mass is 184 g/mol. The Labute approximate surface area is 82.1 Å². The van der Waals surface area contributed by atoms with E-state index in [9.17, 15) is 0 Å². The van der Waals surface area contributed by atoms with Gasteiger partial charge < -0.3 is 11.5 Å². The Morgan fingerprint density at radius 2 is 2.15 bits per heavy atom. The normalized spacial score (nSPS) is 34.8. The Balaban J connectivity index is 2.33. The highest BCUT2D eigenvalue weighted by atomic mass is 14.6. The van der Waals surface area contributed by atoms with E-state index in [4.69, 9.17) is 11.5 Å². The van der Waals surface area contributed by atoms with Gasteiger partial charge in [-0.05, 0) is 50.1 Å². The van der Waals surface area contributed by atoms with E-state index in [0.717, 1.165) is 19.0 Å². The molecule has 1 saturated carbocycles. The van der Waals surface area contributed by atoms with Crippen LogP contribution in [0.15, 0.2) is 0 Å². The third-order valence-electron chi connectivity index (χ3n) is 3.48. The minimum atomic E-state index is 0.428. The molecule has 2 heteroatoms. The smallest absolute Gasteiger partial charge is 0.00231 e. The number of rotatable bonds is 4. The van der Waals surface area contributed by atoms with Gasteiger partial charge in [0.25, 0.3) is 0 Å². The first-order chi connectivity index (χ1) is 6.20. The van der Waals surface area contributed by atoms with Crippen molar-refractivity contribution in [1.82, 2.24) is 0 Å². The molecule has 0 bridgehead atoms. The third kappa shape index (κ3) is 3.28. The van der Waals surface area contributed by atoms with Crippen molar-refractivity contribution < 1.29 is 0 Å². The summed E-state index contributed by atoms with van der Waals surface area (Å²) in [6.07, 6.45) is 7.90. The first-order valence-electron chi connectivity index (χ1n) is 5.60. The fraction of sp³-hybridized carbons (Fsp3) is 1.00. The molecular formula is C11H24N2. The van der Waals surface area contributed by atoms with Gasteiger partial charge in [-0.15, -0.1) is 0 Å². The molecule has 4 N–H and O–H groups in total. The minimum Gasteiger partial charge on any atom is -0.330 e. The van der Waals surface area contributed by atoms with Crippen molar-refractivity contribution in [2.45, 2.75) is 45.4 Å². The third-order valence-corrected chi connectivity index (χ3v) is 3.48. The van der Waals surface area contributed by atoms with Crippen LogP contribution < -0.4 is 11.5 Å². The summed E-state index contributed by atoms with van der Waals surface area (Å²) in [4.78, 5) is 0. The largest absolute Gasteiger partial charge is 0.330 e. The molecule has 0 heterocycles. The SMILES string of the molecule is C[C@@]1(CN)CCCC(CCCN)C1. The predicted octanol–water partition coefficient (Wildman–Crippen LogP) is 1.88. The number of nitrogens with two attached hydrogens (primary N) is 2. The molecule has 0 saturated heterocycles. The van der Waals surface area contributed by atoms with Crippen LogP contribution in [0, 0.1) is 11.3 Å². The van der Waals surface area contributed by atoms with Crippen LogP contribution in [0.25, 0.3) is 0 Å². The summed E-state index contributed by atoms with van der Waals surface area (Å²) in [7, 11) is 0. The van der Waals surface area contributed by atoms with Gasteiger partial charge in [-0.25, -0.2) is 0 Å². The van der Waals surface area contributed by atoms with Crippen LogP contribution in [0.1, 0.15) is 45.4 Å². The van der Waals surface area contributed by atoms with Crippen LogP contribution in [-0.2, 0) is 0 Å². The molecule has 0 amide bonds. The summed E-state index contributed by atoms with van der Waals surface area (Å²) >= 11 is 0. The summed E-state index contributed by atoms with van der Waals surface area (Å²) in [6, 6.07) is 0. The molecular weight excluding hydrogens is 160 g/mol. The first-order valence-corrected chi connectivity index (χ1v) is 5.60. The Kier molecular flexibility index (Phi) is 4.20. The summed E-state index contributed by atoms with van der Waals surface area (Å²) in [5.41, 5.74) is 11.8. The van der Waals surface area contributed by atoms with Gasteiger partial charge in [0.05, 0.1) is 0 Å². The average Bonchev–Trinajstić information content (AvgIpc) is 2.15. The van der Waals surface area contributed by atoms with Crippen molar-refractivity contribution in [3.05, 3.63) is 0 Å². The molecule has 0 aromatic heterocycles. The van der Waals surface area contributed by atoms with E-state index in [1.807, 2.05) is 0 Å². The van der Waals surface area contributed by atoms with Crippen molar-refractivity contribution in [3.63, 3.8) is 0 Å². The van der Waals surface area contributed by atoms with Gasteiger partial charge in [-0.1, -0.05) is 19.8 Å². The topological polar surface area (TPSA) is 52.0 Å².